The maximum Gasteiger partial charge on any atom is 0.384 e. The summed E-state index contributed by atoms with van der Waals surface area (Å²) in [4.78, 5) is 62.6. The Morgan fingerprint density at radius 3 is 2.03 bits per heavy atom. The maximum absolute atomic E-state index is 12.6. The number of hydrogen-bond acceptors (Lipinski definition) is 7. The lowest BCUT2D eigenvalue weighted by Gasteiger charge is -2.13. The molecule has 1 N–H and O–H groups in total. The molecule has 1 aromatic heterocycles. The van der Waals surface area contributed by atoms with Crippen LogP contribution >= 0.6 is 11.6 Å². The molecule has 2 heterocycles. The van der Waals surface area contributed by atoms with Crippen molar-refractivity contribution in [1.29, 1.82) is 0 Å². The topological polar surface area (TPSA) is 119 Å². The molecule has 4 rings (SSSR count). The highest BCUT2D eigenvalue weighted by Crippen LogP contribution is 2.23. The van der Waals surface area contributed by atoms with Gasteiger partial charge in [-0.3, -0.25) is 14.4 Å². The van der Waals surface area contributed by atoms with Crippen LogP contribution in [0.5, 0.6) is 0 Å². The molecule has 9 nitrogen and oxygen atoms in total. The fourth-order valence-electron chi connectivity index (χ4n) is 2.75. The van der Waals surface area contributed by atoms with Crippen LogP contribution in [0, 0.1) is 0 Å². The summed E-state index contributed by atoms with van der Waals surface area (Å²) in [5, 5.41) is 3.37. The molecule has 3 aromatic rings. The van der Waals surface area contributed by atoms with Crippen molar-refractivity contribution in [3.8, 4) is 0 Å². The second-order valence-electron chi connectivity index (χ2n) is 6.04. The van der Waals surface area contributed by atoms with Gasteiger partial charge < -0.3 is 10.2 Å². The zero-order valence-electron chi connectivity index (χ0n) is 15.0. The average Bonchev–Trinajstić information content (AvgIpc) is 3.00. The first-order valence-corrected chi connectivity index (χ1v) is 8.91. The number of carbonyl (C=O) groups excluding carboxylic acids is 4. The molecule has 0 spiro atoms. The number of benzene rings is 2. The van der Waals surface area contributed by atoms with Crippen LogP contribution in [0.15, 0.2) is 60.9 Å². The molecule has 148 valence electrons. The first-order chi connectivity index (χ1) is 14.5. The van der Waals surface area contributed by atoms with E-state index in [4.69, 9.17) is 16.4 Å². The van der Waals surface area contributed by atoms with Gasteiger partial charge in [0, 0.05) is 23.1 Å². The third-order valence-electron chi connectivity index (χ3n) is 4.14. The summed E-state index contributed by atoms with van der Waals surface area (Å²) in [6.45, 7) is 0. The number of amides is 3. The SMILES string of the molecule is O=C(Nc1ccc(Cl)cc1)c1nccnc1C(=O)ON1C(=O)c2ccccc2C1=O. The first-order valence-electron chi connectivity index (χ1n) is 8.54. The van der Waals surface area contributed by atoms with Gasteiger partial charge in [0.25, 0.3) is 17.7 Å². The smallest absolute Gasteiger partial charge is 0.322 e. The number of rotatable bonds is 4. The lowest BCUT2D eigenvalue weighted by atomic mass is 10.1. The number of aromatic nitrogens is 2. The lowest BCUT2D eigenvalue weighted by molar-refractivity contribution is -0.0589. The van der Waals surface area contributed by atoms with Crippen LogP contribution in [0.4, 0.5) is 5.69 Å². The molecule has 10 heteroatoms. The molecular formula is C20H11ClN4O5. The number of halogens is 1. The van der Waals surface area contributed by atoms with Gasteiger partial charge in [-0.25, -0.2) is 14.8 Å². The molecule has 0 unspecified atom stereocenters. The zero-order valence-corrected chi connectivity index (χ0v) is 15.8. The molecule has 1 aliphatic heterocycles. The highest BCUT2D eigenvalue weighted by molar-refractivity contribution is 6.30. The Balaban J connectivity index is 1.56. The van der Waals surface area contributed by atoms with E-state index in [0.717, 1.165) is 0 Å². The number of hydrogen-bond donors (Lipinski definition) is 1. The van der Waals surface area contributed by atoms with E-state index in [9.17, 15) is 19.2 Å². The van der Waals surface area contributed by atoms with Crippen molar-refractivity contribution in [3.05, 3.63) is 88.5 Å². The second kappa shape index (κ2) is 7.72. The van der Waals surface area contributed by atoms with Crippen molar-refractivity contribution in [1.82, 2.24) is 15.0 Å². The normalized spacial score (nSPS) is 12.5. The van der Waals surface area contributed by atoms with Crippen molar-refractivity contribution in [2.75, 3.05) is 5.32 Å². The van der Waals surface area contributed by atoms with E-state index in [1.165, 1.54) is 24.5 Å². The minimum atomic E-state index is -1.18. The lowest BCUT2D eigenvalue weighted by Crippen LogP contribution is -2.34. The van der Waals surface area contributed by atoms with Gasteiger partial charge in [-0.2, -0.15) is 0 Å². The van der Waals surface area contributed by atoms with Crippen LogP contribution in [-0.4, -0.2) is 38.7 Å². The van der Waals surface area contributed by atoms with Crippen molar-refractivity contribution in [3.63, 3.8) is 0 Å². The van der Waals surface area contributed by atoms with Crippen LogP contribution in [0.25, 0.3) is 0 Å². The fourth-order valence-corrected chi connectivity index (χ4v) is 2.88. The van der Waals surface area contributed by atoms with Crippen LogP contribution in [0.1, 0.15) is 41.7 Å². The highest BCUT2D eigenvalue weighted by atomic mass is 35.5. The number of nitrogens with zero attached hydrogens (tertiary/aromatic N) is 3. The molecule has 0 saturated heterocycles. The second-order valence-corrected chi connectivity index (χ2v) is 6.48. The van der Waals surface area contributed by atoms with Crippen LogP contribution < -0.4 is 5.32 Å². The molecule has 0 atom stereocenters. The van der Waals surface area contributed by atoms with E-state index in [-0.39, 0.29) is 16.8 Å². The van der Waals surface area contributed by atoms with Crippen molar-refractivity contribution in [2.45, 2.75) is 0 Å². The largest absolute Gasteiger partial charge is 0.384 e. The predicted octanol–water partition coefficient (Wildman–Crippen LogP) is 2.75. The highest BCUT2D eigenvalue weighted by Gasteiger charge is 2.39. The summed E-state index contributed by atoms with van der Waals surface area (Å²) in [6, 6.07) is 12.3. The summed E-state index contributed by atoms with van der Waals surface area (Å²) in [6.07, 6.45) is 2.40. The molecular weight excluding hydrogens is 412 g/mol. The number of nitrogens with one attached hydrogen (secondary N) is 1. The van der Waals surface area contributed by atoms with E-state index in [1.54, 1.807) is 36.4 Å². The summed E-state index contributed by atoms with van der Waals surface area (Å²) >= 11 is 5.81. The Labute approximate surface area is 174 Å². The van der Waals surface area contributed by atoms with E-state index in [1.807, 2.05) is 0 Å². The molecule has 0 radical (unpaired) electrons. The van der Waals surface area contributed by atoms with Gasteiger partial charge >= 0.3 is 5.97 Å². The fraction of sp³-hybridized carbons (Fsp3) is 0. The van der Waals surface area contributed by atoms with E-state index >= 15 is 0 Å². The van der Waals surface area contributed by atoms with Crippen LogP contribution in [0.2, 0.25) is 5.02 Å². The summed E-state index contributed by atoms with van der Waals surface area (Å²) in [7, 11) is 0. The Kier molecular flexibility index (Phi) is 4.95. The quantitative estimate of drug-likeness (QED) is 0.642. The minimum Gasteiger partial charge on any atom is -0.322 e. The van der Waals surface area contributed by atoms with Gasteiger partial charge in [-0.05, 0) is 36.4 Å². The number of hydroxylamine groups is 2. The molecule has 0 saturated carbocycles. The maximum atomic E-state index is 12.6. The Bertz CT molecular complexity index is 1160. The number of imide groups is 1. The van der Waals surface area contributed by atoms with E-state index in [2.05, 4.69) is 15.3 Å². The Morgan fingerprint density at radius 2 is 1.43 bits per heavy atom. The first kappa shape index (κ1) is 19.2. The number of carbonyl (C=O) groups is 4. The van der Waals surface area contributed by atoms with Crippen molar-refractivity contribution in [2.24, 2.45) is 0 Å². The molecule has 0 bridgehead atoms. The van der Waals surface area contributed by atoms with Gasteiger partial charge in [-0.15, -0.1) is 0 Å². The Morgan fingerprint density at radius 1 is 0.867 bits per heavy atom. The van der Waals surface area contributed by atoms with E-state index < -0.39 is 29.4 Å². The molecule has 2 aromatic carbocycles. The summed E-state index contributed by atoms with van der Waals surface area (Å²) < 4.78 is 0. The molecule has 30 heavy (non-hydrogen) atoms. The third-order valence-corrected chi connectivity index (χ3v) is 4.39. The number of anilines is 1. The van der Waals surface area contributed by atoms with Gasteiger partial charge in [-0.1, -0.05) is 28.8 Å². The van der Waals surface area contributed by atoms with E-state index in [0.29, 0.717) is 15.8 Å². The van der Waals surface area contributed by atoms with Crippen molar-refractivity contribution < 1.29 is 24.0 Å². The van der Waals surface area contributed by atoms with Crippen LogP contribution in [-0.2, 0) is 4.84 Å². The zero-order chi connectivity index (χ0) is 21.3. The average molecular weight is 423 g/mol. The molecule has 3 amide bonds. The predicted molar refractivity (Wildman–Crippen MR) is 104 cm³/mol. The van der Waals surface area contributed by atoms with Crippen LogP contribution in [0.3, 0.4) is 0 Å². The van der Waals surface area contributed by atoms with Crippen molar-refractivity contribution >= 4 is 41.0 Å². The monoisotopic (exact) mass is 422 g/mol. The molecule has 1 aliphatic rings. The standard InChI is InChI=1S/C20H11ClN4O5/c21-11-5-7-12(8-6-11)24-17(26)15-16(23-10-9-22-15)20(29)30-25-18(27)13-3-1-2-4-14(13)19(25)28/h1-10H,(H,24,26). The van der Waals surface area contributed by atoms with Gasteiger partial charge in [0.05, 0.1) is 11.1 Å². The van der Waals surface area contributed by atoms with Gasteiger partial charge in [0.15, 0.2) is 11.4 Å². The molecule has 0 aliphatic carbocycles. The minimum absolute atomic E-state index is 0.107. The van der Waals surface area contributed by atoms with Gasteiger partial charge in [0.1, 0.15) is 0 Å². The number of fused-ring (bicyclic) bond motifs is 1. The third kappa shape index (κ3) is 3.49. The Hall–Kier alpha value is -4.11. The van der Waals surface area contributed by atoms with Gasteiger partial charge in [0.2, 0.25) is 0 Å². The summed E-state index contributed by atoms with van der Waals surface area (Å²) in [5.41, 5.74) is -0.172. The molecule has 0 fully saturated rings. The summed E-state index contributed by atoms with van der Waals surface area (Å²) in [5.74, 6) is -3.50.